The molecule has 2 saturated heterocycles. The molecule has 2 atom stereocenters. The van der Waals surface area contributed by atoms with Crippen molar-refractivity contribution in [2.75, 3.05) is 25.1 Å². The van der Waals surface area contributed by atoms with Gasteiger partial charge in [0.15, 0.2) is 17.0 Å². The highest BCUT2D eigenvalue weighted by molar-refractivity contribution is 5.87. The number of carbonyl (C=O) groups excluding carboxylic acids is 1. The molecule has 2 aliphatic heterocycles. The third-order valence-corrected chi connectivity index (χ3v) is 7.01. The van der Waals surface area contributed by atoms with Crippen LogP contribution in [0.25, 0.3) is 22.6 Å². The molecule has 5 heterocycles. The van der Waals surface area contributed by atoms with E-state index in [-0.39, 0.29) is 24.2 Å². The number of anilines is 1. The molecular formula is C24H27N9O2. The average molecular weight is 474 g/mol. The van der Waals surface area contributed by atoms with Crippen molar-refractivity contribution in [2.24, 2.45) is 0 Å². The molecule has 3 aromatic rings. The van der Waals surface area contributed by atoms with Crippen LogP contribution in [-0.4, -0.2) is 78.7 Å². The highest BCUT2D eigenvalue weighted by Gasteiger charge is 2.42. The Morgan fingerprint density at radius 3 is 2.60 bits per heavy atom. The van der Waals surface area contributed by atoms with E-state index in [0.29, 0.717) is 12.6 Å². The number of urea groups is 1. The summed E-state index contributed by atoms with van der Waals surface area (Å²) in [5, 5.41) is 3.09. The van der Waals surface area contributed by atoms with Crippen molar-refractivity contribution in [1.29, 1.82) is 0 Å². The number of aromatic nitrogens is 6. The SMILES string of the molecule is CCn1c(-c2cnc(OC)nc2)nc2c(N3CCC(N4C(=O)NC5C=CC=CC54)CC3)ncnc21. The van der Waals surface area contributed by atoms with Gasteiger partial charge in [-0.2, -0.15) is 0 Å². The van der Waals surface area contributed by atoms with Gasteiger partial charge >= 0.3 is 12.0 Å². The lowest BCUT2D eigenvalue weighted by atomic mass is 9.98. The summed E-state index contributed by atoms with van der Waals surface area (Å²) in [4.78, 5) is 39.5. The second-order valence-electron chi connectivity index (χ2n) is 8.87. The third kappa shape index (κ3) is 3.58. The molecule has 0 saturated carbocycles. The second kappa shape index (κ2) is 8.64. The Labute approximate surface area is 202 Å². The van der Waals surface area contributed by atoms with Crippen LogP contribution in [-0.2, 0) is 6.54 Å². The molecule has 3 aromatic heterocycles. The first-order valence-corrected chi connectivity index (χ1v) is 11.9. The Morgan fingerprint density at radius 2 is 1.86 bits per heavy atom. The number of fused-ring (bicyclic) bond motifs is 2. The standard InChI is InChI=1S/C24H27N9O2/c1-3-32-20(15-12-25-23(35-2)26-13-15)30-19-21(27-14-28-22(19)32)31-10-8-16(9-11-31)33-18-7-5-4-6-17(18)29-24(33)34/h4-7,12-14,16-18H,3,8-11H2,1-2H3,(H,29,34). The number of allylic oxidation sites excluding steroid dienone is 2. The summed E-state index contributed by atoms with van der Waals surface area (Å²) >= 11 is 0. The number of nitrogens with zero attached hydrogens (tertiary/aromatic N) is 8. The number of imidazole rings is 1. The Balaban J connectivity index is 1.26. The predicted octanol–water partition coefficient (Wildman–Crippen LogP) is 2.17. The Hall–Kier alpha value is -4.02. The first kappa shape index (κ1) is 21.5. The zero-order chi connectivity index (χ0) is 23.9. The fourth-order valence-electron chi connectivity index (χ4n) is 5.33. The van der Waals surface area contributed by atoms with Crippen LogP contribution in [0.5, 0.6) is 6.01 Å². The zero-order valence-corrected chi connectivity index (χ0v) is 19.7. The Morgan fingerprint density at radius 1 is 1.09 bits per heavy atom. The molecule has 11 heteroatoms. The summed E-state index contributed by atoms with van der Waals surface area (Å²) in [5.74, 6) is 1.57. The number of nitrogens with one attached hydrogen (secondary N) is 1. The van der Waals surface area contributed by atoms with Gasteiger partial charge in [0, 0.05) is 38.1 Å². The van der Waals surface area contributed by atoms with Crippen molar-refractivity contribution in [3.05, 3.63) is 43.0 Å². The van der Waals surface area contributed by atoms with E-state index in [9.17, 15) is 4.79 Å². The van der Waals surface area contributed by atoms with Gasteiger partial charge in [0.2, 0.25) is 0 Å². The first-order chi connectivity index (χ1) is 17.2. The van der Waals surface area contributed by atoms with E-state index < -0.39 is 0 Å². The summed E-state index contributed by atoms with van der Waals surface area (Å²) in [5.41, 5.74) is 2.34. The van der Waals surface area contributed by atoms with Gasteiger partial charge in [-0.1, -0.05) is 24.3 Å². The van der Waals surface area contributed by atoms with Gasteiger partial charge in [-0.25, -0.2) is 29.7 Å². The smallest absolute Gasteiger partial charge is 0.318 e. The van der Waals surface area contributed by atoms with Crippen LogP contribution in [0.2, 0.25) is 0 Å². The molecule has 35 heavy (non-hydrogen) atoms. The number of piperidine rings is 1. The lowest BCUT2D eigenvalue weighted by Crippen LogP contribution is -2.49. The average Bonchev–Trinajstić information content (AvgIpc) is 3.45. The van der Waals surface area contributed by atoms with E-state index in [0.717, 1.165) is 54.3 Å². The Bertz CT molecular complexity index is 1310. The third-order valence-electron chi connectivity index (χ3n) is 7.01. The second-order valence-corrected chi connectivity index (χ2v) is 8.87. The van der Waals surface area contributed by atoms with Gasteiger partial charge in [0.1, 0.15) is 12.2 Å². The molecule has 0 aromatic carbocycles. The number of methoxy groups -OCH3 is 1. The minimum absolute atomic E-state index is 0.0205. The van der Waals surface area contributed by atoms with Gasteiger partial charge in [-0.05, 0) is 19.8 Å². The highest BCUT2D eigenvalue weighted by Crippen LogP contribution is 2.32. The molecule has 0 spiro atoms. The minimum Gasteiger partial charge on any atom is -0.467 e. The lowest BCUT2D eigenvalue weighted by molar-refractivity contribution is 0.171. The van der Waals surface area contributed by atoms with E-state index in [1.165, 1.54) is 0 Å². The zero-order valence-electron chi connectivity index (χ0n) is 19.7. The summed E-state index contributed by atoms with van der Waals surface area (Å²) in [6.45, 7) is 4.34. The van der Waals surface area contributed by atoms with Gasteiger partial charge in [0.05, 0.1) is 24.8 Å². The number of hydrogen-bond donors (Lipinski definition) is 1. The lowest BCUT2D eigenvalue weighted by Gasteiger charge is -2.39. The van der Waals surface area contributed by atoms with Gasteiger partial charge < -0.3 is 24.4 Å². The normalized spacial score (nSPS) is 22.1. The number of carbonyl (C=O) groups is 1. The number of aryl methyl sites for hydroxylation is 1. The van der Waals surface area contributed by atoms with E-state index in [1.54, 1.807) is 25.8 Å². The fraction of sp³-hybridized carbons (Fsp3) is 0.417. The number of hydrogen-bond acceptors (Lipinski definition) is 8. The molecule has 180 valence electrons. The van der Waals surface area contributed by atoms with E-state index in [2.05, 4.69) is 53.8 Å². The summed E-state index contributed by atoms with van der Waals surface area (Å²) in [6.07, 6.45) is 15.0. The van der Waals surface area contributed by atoms with Crippen LogP contribution in [0, 0.1) is 0 Å². The van der Waals surface area contributed by atoms with Crippen LogP contribution in [0.4, 0.5) is 10.6 Å². The maximum Gasteiger partial charge on any atom is 0.318 e. The van der Waals surface area contributed by atoms with Gasteiger partial charge in [-0.15, -0.1) is 0 Å². The van der Waals surface area contributed by atoms with Crippen molar-refractivity contribution < 1.29 is 9.53 Å². The number of amides is 2. The van der Waals surface area contributed by atoms with Gasteiger partial charge in [-0.3, -0.25) is 0 Å². The molecule has 1 N–H and O–H groups in total. The first-order valence-electron chi connectivity index (χ1n) is 11.9. The monoisotopic (exact) mass is 473 g/mol. The van der Waals surface area contributed by atoms with Crippen LogP contribution in [0.15, 0.2) is 43.0 Å². The molecule has 2 amide bonds. The molecule has 2 fully saturated rings. The van der Waals surface area contributed by atoms with Crippen molar-refractivity contribution in [3.63, 3.8) is 0 Å². The molecule has 11 nitrogen and oxygen atoms in total. The van der Waals surface area contributed by atoms with Crippen LogP contribution < -0.4 is 15.0 Å². The van der Waals surface area contributed by atoms with Crippen molar-refractivity contribution in [1.82, 2.24) is 39.7 Å². The maximum absolute atomic E-state index is 12.7. The quantitative estimate of drug-likeness (QED) is 0.600. The van der Waals surface area contributed by atoms with E-state index in [4.69, 9.17) is 9.72 Å². The minimum atomic E-state index is 0.0205. The summed E-state index contributed by atoms with van der Waals surface area (Å²) < 4.78 is 7.14. The van der Waals surface area contributed by atoms with Crippen LogP contribution >= 0.6 is 0 Å². The maximum atomic E-state index is 12.7. The van der Waals surface area contributed by atoms with Crippen LogP contribution in [0.1, 0.15) is 19.8 Å². The molecule has 3 aliphatic rings. The van der Waals surface area contributed by atoms with E-state index in [1.807, 2.05) is 17.1 Å². The Kier molecular flexibility index (Phi) is 5.31. The summed E-state index contributed by atoms with van der Waals surface area (Å²) in [6, 6.07) is 0.672. The molecule has 0 bridgehead atoms. The van der Waals surface area contributed by atoms with Crippen LogP contribution in [0.3, 0.4) is 0 Å². The fourth-order valence-corrected chi connectivity index (χ4v) is 5.33. The highest BCUT2D eigenvalue weighted by atomic mass is 16.5. The topological polar surface area (TPSA) is 114 Å². The van der Waals surface area contributed by atoms with Crippen molar-refractivity contribution in [2.45, 2.75) is 44.4 Å². The number of rotatable bonds is 5. The molecule has 1 aliphatic carbocycles. The van der Waals surface area contributed by atoms with E-state index >= 15 is 0 Å². The number of ether oxygens (including phenoxy) is 1. The predicted molar refractivity (Wildman–Crippen MR) is 130 cm³/mol. The molecule has 2 unspecified atom stereocenters. The molecule has 6 rings (SSSR count). The van der Waals surface area contributed by atoms with Crippen molar-refractivity contribution in [3.8, 4) is 17.4 Å². The van der Waals surface area contributed by atoms with Gasteiger partial charge in [0.25, 0.3) is 0 Å². The summed E-state index contributed by atoms with van der Waals surface area (Å²) in [7, 11) is 1.54. The molecule has 0 radical (unpaired) electrons. The molecular weight excluding hydrogens is 446 g/mol. The largest absolute Gasteiger partial charge is 0.467 e. The van der Waals surface area contributed by atoms with Crippen molar-refractivity contribution >= 4 is 23.0 Å².